The molecular weight excluding hydrogens is 515 g/mol. The molecule has 7 nitrogen and oxygen atoms in total. The van der Waals surface area contributed by atoms with Gasteiger partial charge >= 0.3 is 0 Å². The van der Waals surface area contributed by atoms with E-state index in [1.165, 1.54) is 43.4 Å². The van der Waals surface area contributed by atoms with Crippen molar-refractivity contribution in [1.29, 1.82) is 0 Å². The Morgan fingerprint density at radius 3 is 2.42 bits per heavy atom. The van der Waals surface area contributed by atoms with Gasteiger partial charge in [-0.3, -0.25) is 0 Å². The van der Waals surface area contributed by atoms with Gasteiger partial charge in [0, 0.05) is 35.8 Å². The second-order valence-corrected chi connectivity index (χ2v) is 14.7. The average Bonchev–Trinajstić information content (AvgIpc) is 2.85. The summed E-state index contributed by atoms with van der Waals surface area (Å²) in [5.74, 6) is 1.55. The second kappa shape index (κ2) is 11.3. The maximum Gasteiger partial charge on any atom is 0.229 e. The van der Waals surface area contributed by atoms with Crippen LogP contribution in [0.25, 0.3) is 0 Å². The number of hydrogen-bond acceptors (Lipinski definition) is 7. The van der Waals surface area contributed by atoms with E-state index in [4.69, 9.17) is 11.6 Å². The summed E-state index contributed by atoms with van der Waals surface area (Å²) < 4.78 is 12.8. The van der Waals surface area contributed by atoms with Gasteiger partial charge in [-0.05, 0) is 94.9 Å². The largest absolute Gasteiger partial charge is 0.371 e. The normalized spacial score (nSPS) is 16.9. The molecule has 202 valence electrons. The molecule has 2 N–H and O–H groups in total. The summed E-state index contributed by atoms with van der Waals surface area (Å²) in [5, 5.41) is 7.84. The highest BCUT2D eigenvalue weighted by Crippen LogP contribution is 2.43. The zero-order chi connectivity index (χ0) is 26.9. The molecule has 0 spiro atoms. The first-order chi connectivity index (χ1) is 18.2. The van der Waals surface area contributed by atoms with Gasteiger partial charge < -0.3 is 25.0 Å². The van der Waals surface area contributed by atoms with E-state index in [1.54, 1.807) is 19.5 Å². The number of rotatable bonds is 8. The highest BCUT2D eigenvalue weighted by atomic mass is 35.5. The molecule has 1 saturated carbocycles. The number of hydrogen-bond donors (Lipinski definition) is 2. The van der Waals surface area contributed by atoms with Gasteiger partial charge in [-0.25, -0.2) is 4.98 Å². The van der Waals surface area contributed by atoms with Crippen molar-refractivity contribution in [3.63, 3.8) is 0 Å². The molecule has 38 heavy (non-hydrogen) atoms. The SMILES string of the molecule is CN(C)C1CCN(c2ccc(Nc3ncc(Cl)c(Nc4ccccc4P(C)(C)=O)n3)cc2C2CCC2)CC1. The van der Waals surface area contributed by atoms with Crippen LogP contribution >= 0.6 is 18.7 Å². The van der Waals surface area contributed by atoms with Crippen molar-refractivity contribution in [3.8, 4) is 0 Å². The van der Waals surface area contributed by atoms with Crippen molar-refractivity contribution in [2.75, 3.05) is 56.0 Å². The lowest BCUT2D eigenvalue weighted by atomic mass is 9.79. The van der Waals surface area contributed by atoms with Gasteiger partial charge in [-0.2, -0.15) is 4.98 Å². The minimum atomic E-state index is -2.48. The Morgan fingerprint density at radius 2 is 1.76 bits per heavy atom. The molecule has 0 atom stereocenters. The van der Waals surface area contributed by atoms with E-state index in [0.717, 1.165) is 29.8 Å². The zero-order valence-electron chi connectivity index (χ0n) is 22.7. The van der Waals surface area contributed by atoms with Crippen LogP contribution in [0.3, 0.4) is 0 Å². The fraction of sp³-hybridized carbons (Fsp3) is 0.448. The van der Waals surface area contributed by atoms with E-state index in [1.807, 2.05) is 24.3 Å². The minimum absolute atomic E-state index is 0.402. The number of para-hydroxylation sites is 1. The number of nitrogens with one attached hydrogen (secondary N) is 2. The summed E-state index contributed by atoms with van der Waals surface area (Å²) in [6, 6.07) is 14.9. The van der Waals surface area contributed by atoms with Gasteiger partial charge in [0.2, 0.25) is 5.95 Å². The fourth-order valence-corrected chi connectivity index (χ4v) is 6.70. The van der Waals surface area contributed by atoms with Crippen molar-refractivity contribution in [2.45, 2.75) is 44.1 Å². The molecule has 1 aliphatic carbocycles. The smallest absolute Gasteiger partial charge is 0.229 e. The number of nitrogens with zero attached hydrogens (tertiary/aromatic N) is 4. The predicted molar refractivity (Wildman–Crippen MR) is 161 cm³/mol. The Balaban J connectivity index is 1.37. The third-order valence-corrected chi connectivity index (χ3v) is 9.67. The van der Waals surface area contributed by atoms with Crippen molar-refractivity contribution in [3.05, 3.63) is 59.2 Å². The third-order valence-electron chi connectivity index (χ3n) is 7.85. The highest BCUT2D eigenvalue weighted by molar-refractivity contribution is 7.70. The topological polar surface area (TPSA) is 73.4 Å². The predicted octanol–water partition coefficient (Wildman–Crippen LogP) is 6.66. The van der Waals surface area contributed by atoms with Crippen molar-refractivity contribution >= 4 is 52.9 Å². The first-order valence-electron chi connectivity index (χ1n) is 13.5. The van der Waals surface area contributed by atoms with E-state index < -0.39 is 7.14 Å². The van der Waals surface area contributed by atoms with Crippen molar-refractivity contribution in [1.82, 2.24) is 14.9 Å². The molecule has 1 aromatic heterocycles. The molecule has 9 heteroatoms. The quantitative estimate of drug-likeness (QED) is 0.303. The Morgan fingerprint density at radius 1 is 1.03 bits per heavy atom. The van der Waals surface area contributed by atoms with Gasteiger partial charge in [-0.1, -0.05) is 30.2 Å². The van der Waals surface area contributed by atoms with Crippen LogP contribution in [-0.4, -0.2) is 61.4 Å². The lowest BCUT2D eigenvalue weighted by Gasteiger charge is -2.39. The van der Waals surface area contributed by atoms with Crippen LogP contribution in [-0.2, 0) is 4.57 Å². The van der Waals surface area contributed by atoms with E-state index in [2.05, 4.69) is 62.7 Å². The number of benzene rings is 2. The van der Waals surface area contributed by atoms with Crippen LogP contribution in [0, 0.1) is 0 Å². The molecule has 1 aliphatic heterocycles. The molecule has 5 rings (SSSR count). The lowest BCUT2D eigenvalue weighted by Crippen LogP contribution is -2.42. The van der Waals surface area contributed by atoms with E-state index >= 15 is 0 Å². The monoisotopic (exact) mass is 552 g/mol. The highest BCUT2D eigenvalue weighted by Gasteiger charge is 2.27. The van der Waals surface area contributed by atoms with Crippen LogP contribution in [0.5, 0.6) is 0 Å². The number of anilines is 5. The zero-order valence-corrected chi connectivity index (χ0v) is 24.4. The molecule has 2 aliphatic rings. The summed E-state index contributed by atoms with van der Waals surface area (Å²) >= 11 is 6.45. The van der Waals surface area contributed by atoms with E-state index in [9.17, 15) is 4.57 Å². The Hall–Kier alpha value is -2.60. The molecule has 2 aromatic carbocycles. The Bertz CT molecular complexity index is 1330. The molecule has 3 aromatic rings. The van der Waals surface area contributed by atoms with Crippen molar-refractivity contribution < 1.29 is 4.57 Å². The standard InChI is InChI=1S/C29H38ClN6OP/c1-35(2)22-14-16-36(17-15-22)26-13-12-21(18-23(26)20-8-7-9-20)32-29-31-19-24(30)28(34-29)33-25-10-5-6-11-27(25)38(3,4)37/h5-6,10-13,18-20,22H,7-9,14-17H2,1-4H3,(H2,31,32,33,34). The van der Waals surface area contributed by atoms with E-state index in [-0.39, 0.29) is 0 Å². The average molecular weight is 553 g/mol. The summed E-state index contributed by atoms with van der Waals surface area (Å²) in [6.07, 6.45) is 7.77. The van der Waals surface area contributed by atoms with Gasteiger partial charge in [0.05, 0.1) is 11.9 Å². The number of aromatic nitrogens is 2. The molecule has 2 heterocycles. The molecule has 0 unspecified atom stereocenters. The van der Waals surface area contributed by atoms with Crippen LogP contribution in [0.15, 0.2) is 48.7 Å². The molecule has 0 bridgehead atoms. The Kier molecular flexibility index (Phi) is 7.99. The first kappa shape index (κ1) is 27.0. The summed E-state index contributed by atoms with van der Waals surface area (Å²) in [5.41, 5.74) is 4.51. The maximum atomic E-state index is 12.8. The third kappa shape index (κ3) is 6.01. The van der Waals surface area contributed by atoms with Gasteiger partial charge in [0.1, 0.15) is 12.2 Å². The van der Waals surface area contributed by atoms with Gasteiger partial charge in [0.25, 0.3) is 0 Å². The van der Waals surface area contributed by atoms with E-state index in [0.29, 0.717) is 28.7 Å². The van der Waals surface area contributed by atoms with Crippen LogP contribution in [0.4, 0.5) is 28.8 Å². The summed E-state index contributed by atoms with van der Waals surface area (Å²) in [6.45, 7) is 5.70. The molecule has 0 radical (unpaired) electrons. The van der Waals surface area contributed by atoms with Crippen LogP contribution in [0.1, 0.15) is 43.6 Å². The number of halogens is 1. The Labute approximate surface area is 231 Å². The summed E-state index contributed by atoms with van der Waals surface area (Å²) in [4.78, 5) is 14.0. The van der Waals surface area contributed by atoms with Gasteiger partial charge in [0.15, 0.2) is 5.82 Å². The lowest BCUT2D eigenvalue weighted by molar-refractivity contribution is 0.249. The summed E-state index contributed by atoms with van der Waals surface area (Å²) in [7, 11) is 1.89. The number of piperidine rings is 1. The second-order valence-electron chi connectivity index (χ2n) is 11.1. The van der Waals surface area contributed by atoms with Gasteiger partial charge in [-0.15, -0.1) is 0 Å². The maximum absolute atomic E-state index is 12.8. The minimum Gasteiger partial charge on any atom is -0.371 e. The van der Waals surface area contributed by atoms with Crippen LogP contribution in [0.2, 0.25) is 5.02 Å². The first-order valence-corrected chi connectivity index (χ1v) is 16.4. The molecular formula is C29H38ClN6OP. The molecule has 0 amide bonds. The fourth-order valence-electron chi connectivity index (χ4n) is 5.41. The van der Waals surface area contributed by atoms with Crippen LogP contribution < -0.4 is 20.8 Å². The van der Waals surface area contributed by atoms with Crippen molar-refractivity contribution in [2.24, 2.45) is 0 Å². The molecule has 1 saturated heterocycles. The molecule has 2 fully saturated rings.